The van der Waals surface area contributed by atoms with E-state index in [0.717, 1.165) is 0 Å². The summed E-state index contributed by atoms with van der Waals surface area (Å²) in [6.07, 6.45) is -4.32. The first kappa shape index (κ1) is 13.3. The zero-order valence-corrected chi connectivity index (χ0v) is 9.98. The number of alkyl halides is 3. The lowest BCUT2D eigenvalue weighted by molar-refractivity contribution is -0.157. The molecule has 0 radical (unpaired) electrons. The molecular formula is C11H11BrF3N. The van der Waals surface area contributed by atoms with Crippen molar-refractivity contribution in [3.8, 4) is 0 Å². The summed E-state index contributed by atoms with van der Waals surface area (Å²) in [5.41, 5.74) is 0.198. The third-order valence-corrected chi connectivity index (χ3v) is 2.24. The van der Waals surface area contributed by atoms with Gasteiger partial charge in [-0.25, -0.2) is 0 Å². The fraction of sp³-hybridized carbons (Fsp3) is 0.273. The van der Waals surface area contributed by atoms with Gasteiger partial charge >= 0.3 is 6.18 Å². The average molecular weight is 294 g/mol. The van der Waals surface area contributed by atoms with E-state index >= 15 is 0 Å². The Bertz CT molecular complexity index is 348. The summed E-state index contributed by atoms with van der Waals surface area (Å²) in [4.78, 5) is 0. The third kappa shape index (κ3) is 3.98. The van der Waals surface area contributed by atoms with Gasteiger partial charge in [0.2, 0.25) is 0 Å². The quantitative estimate of drug-likeness (QED) is 0.891. The zero-order valence-electron chi connectivity index (χ0n) is 8.39. The van der Waals surface area contributed by atoms with Gasteiger partial charge in [-0.3, -0.25) is 5.32 Å². The number of benzene rings is 1. The molecule has 0 aliphatic rings. The minimum Gasteiger partial charge on any atom is -0.298 e. The molecule has 1 N–H and O–H groups in total. The second kappa shape index (κ2) is 5.50. The summed E-state index contributed by atoms with van der Waals surface area (Å²) in [5, 5.41) is 2.40. The molecule has 1 aromatic rings. The van der Waals surface area contributed by atoms with Crippen LogP contribution in [0, 0.1) is 0 Å². The van der Waals surface area contributed by atoms with Crippen molar-refractivity contribution >= 4 is 15.9 Å². The van der Waals surface area contributed by atoms with Crippen LogP contribution in [-0.2, 0) is 0 Å². The Morgan fingerprint density at radius 1 is 1.31 bits per heavy atom. The van der Waals surface area contributed by atoms with Crippen LogP contribution in [0.1, 0.15) is 11.6 Å². The van der Waals surface area contributed by atoms with Crippen LogP contribution < -0.4 is 5.32 Å². The highest BCUT2D eigenvalue weighted by molar-refractivity contribution is 9.11. The van der Waals surface area contributed by atoms with Crippen LogP contribution in [0.25, 0.3) is 0 Å². The first-order valence-electron chi connectivity index (χ1n) is 4.59. The minimum atomic E-state index is -4.32. The molecule has 1 rings (SSSR count). The second-order valence-electron chi connectivity index (χ2n) is 3.28. The SMILES string of the molecule is C=C(Br)CNC(c1ccccc1)C(F)(F)F. The van der Waals surface area contributed by atoms with E-state index in [1.54, 1.807) is 18.2 Å². The van der Waals surface area contributed by atoms with Crippen molar-refractivity contribution in [2.45, 2.75) is 12.2 Å². The molecule has 0 fully saturated rings. The summed E-state index contributed by atoms with van der Waals surface area (Å²) in [7, 11) is 0. The van der Waals surface area contributed by atoms with Crippen LogP contribution in [0.2, 0.25) is 0 Å². The van der Waals surface area contributed by atoms with Gasteiger partial charge in [0.25, 0.3) is 0 Å². The van der Waals surface area contributed by atoms with Gasteiger partial charge in [-0.05, 0) is 5.56 Å². The normalized spacial score (nSPS) is 13.5. The first-order valence-corrected chi connectivity index (χ1v) is 5.39. The van der Waals surface area contributed by atoms with Crippen LogP contribution in [0.4, 0.5) is 13.2 Å². The number of hydrogen-bond donors (Lipinski definition) is 1. The zero-order chi connectivity index (χ0) is 12.2. The predicted octanol–water partition coefficient (Wildman–Crippen LogP) is 3.79. The molecule has 88 valence electrons. The Morgan fingerprint density at radius 3 is 2.31 bits per heavy atom. The topological polar surface area (TPSA) is 12.0 Å². The van der Waals surface area contributed by atoms with E-state index in [-0.39, 0.29) is 12.1 Å². The molecule has 0 saturated heterocycles. The molecule has 0 heterocycles. The Kier molecular flexibility index (Phi) is 4.56. The molecule has 0 bridgehead atoms. The van der Waals surface area contributed by atoms with Gasteiger partial charge in [0.05, 0.1) is 0 Å². The third-order valence-electron chi connectivity index (χ3n) is 1.96. The highest BCUT2D eigenvalue weighted by Gasteiger charge is 2.40. The van der Waals surface area contributed by atoms with E-state index in [9.17, 15) is 13.2 Å². The molecular weight excluding hydrogens is 283 g/mol. The fourth-order valence-electron chi connectivity index (χ4n) is 1.28. The predicted molar refractivity (Wildman–Crippen MR) is 61.3 cm³/mol. The molecule has 0 saturated carbocycles. The lowest BCUT2D eigenvalue weighted by Gasteiger charge is -2.21. The smallest absolute Gasteiger partial charge is 0.298 e. The molecule has 1 aromatic carbocycles. The van der Waals surface area contributed by atoms with Crippen molar-refractivity contribution < 1.29 is 13.2 Å². The highest BCUT2D eigenvalue weighted by atomic mass is 79.9. The van der Waals surface area contributed by atoms with Gasteiger partial charge in [0, 0.05) is 11.0 Å². The van der Waals surface area contributed by atoms with E-state index in [2.05, 4.69) is 27.8 Å². The molecule has 1 nitrogen and oxygen atoms in total. The molecule has 0 amide bonds. The number of rotatable bonds is 4. The Balaban J connectivity index is 2.84. The van der Waals surface area contributed by atoms with Gasteiger partial charge < -0.3 is 0 Å². The van der Waals surface area contributed by atoms with Crippen LogP contribution >= 0.6 is 15.9 Å². The van der Waals surface area contributed by atoms with Gasteiger partial charge in [0.1, 0.15) is 6.04 Å². The maximum atomic E-state index is 12.7. The van der Waals surface area contributed by atoms with E-state index in [0.29, 0.717) is 4.48 Å². The van der Waals surface area contributed by atoms with Crippen LogP contribution in [0.15, 0.2) is 41.4 Å². The average Bonchev–Trinajstić information content (AvgIpc) is 2.17. The van der Waals surface area contributed by atoms with Gasteiger partial charge in [-0.1, -0.05) is 52.8 Å². The number of hydrogen-bond acceptors (Lipinski definition) is 1. The Morgan fingerprint density at radius 2 is 1.88 bits per heavy atom. The largest absolute Gasteiger partial charge is 0.407 e. The van der Waals surface area contributed by atoms with Crippen molar-refractivity contribution in [1.82, 2.24) is 5.32 Å². The Hall–Kier alpha value is -0.810. The summed E-state index contributed by atoms with van der Waals surface area (Å²) in [5.74, 6) is 0. The number of halogens is 4. The highest BCUT2D eigenvalue weighted by Crippen LogP contribution is 2.32. The van der Waals surface area contributed by atoms with Gasteiger partial charge in [-0.2, -0.15) is 13.2 Å². The lowest BCUT2D eigenvalue weighted by Crippen LogP contribution is -2.34. The van der Waals surface area contributed by atoms with Crippen molar-refractivity contribution in [3.05, 3.63) is 47.0 Å². The monoisotopic (exact) mass is 293 g/mol. The summed E-state index contributed by atoms with van der Waals surface area (Å²) < 4.78 is 38.7. The Labute approximate surface area is 100 Å². The number of nitrogens with one attached hydrogen (secondary N) is 1. The van der Waals surface area contributed by atoms with Crippen LogP contribution in [-0.4, -0.2) is 12.7 Å². The maximum Gasteiger partial charge on any atom is 0.407 e. The van der Waals surface area contributed by atoms with Crippen molar-refractivity contribution in [3.63, 3.8) is 0 Å². The van der Waals surface area contributed by atoms with Crippen molar-refractivity contribution in [1.29, 1.82) is 0 Å². The van der Waals surface area contributed by atoms with E-state index in [1.807, 2.05) is 0 Å². The molecule has 5 heteroatoms. The molecule has 16 heavy (non-hydrogen) atoms. The van der Waals surface area contributed by atoms with Crippen molar-refractivity contribution in [2.24, 2.45) is 0 Å². The summed E-state index contributed by atoms with van der Waals surface area (Å²) in [6, 6.07) is 6.07. The fourth-order valence-corrected chi connectivity index (χ4v) is 1.44. The van der Waals surface area contributed by atoms with Crippen molar-refractivity contribution in [2.75, 3.05) is 6.54 Å². The van der Waals surface area contributed by atoms with Crippen LogP contribution in [0.3, 0.4) is 0 Å². The standard InChI is InChI=1S/C11H11BrF3N/c1-8(12)7-16-10(11(13,14)15)9-5-3-2-4-6-9/h2-6,10,16H,1,7H2. The lowest BCUT2D eigenvalue weighted by atomic mass is 10.1. The van der Waals surface area contributed by atoms with Crippen LogP contribution in [0.5, 0.6) is 0 Å². The van der Waals surface area contributed by atoms with E-state index < -0.39 is 12.2 Å². The molecule has 1 unspecified atom stereocenters. The van der Waals surface area contributed by atoms with Gasteiger partial charge in [0.15, 0.2) is 0 Å². The molecule has 0 aliphatic carbocycles. The summed E-state index contributed by atoms with van der Waals surface area (Å²) in [6.45, 7) is 3.56. The van der Waals surface area contributed by atoms with E-state index in [1.165, 1.54) is 12.1 Å². The maximum absolute atomic E-state index is 12.7. The minimum absolute atomic E-state index is 0.0685. The summed E-state index contributed by atoms with van der Waals surface area (Å²) >= 11 is 3.02. The second-order valence-corrected chi connectivity index (χ2v) is 4.40. The molecule has 0 aromatic heterocycles. The molecule has 0 spiro atoms. The molecule has 1 atom stereocenters. The van der Waals surface area contributed by atoms with Gasteiger partial charge in [-0.15, -0.1) is 0 Å². The first-order chi connectivity index (χ1) is 7.41. The molecule has 0 aliphatic heterocycles. The van der Waals surface area contributed by atoms with E-state index in [4.69, 9.17) is 0 Å².